The van der Waals surface area contributed by atoms with E-state index in [4.69, 9.17) is 14.2 Å². The van der Waals surface area contributed by atoms with Gasteiger partial charge in [-0.15, -0.1) is 0 Å². The summed E-state index contributed by atoms with van der Waals surface area (Å²) < 4.78 is 15.4. The van der Waals surface area contributed by atoms with Crippen molar-refractivity contribution < 1.29 is 28.6 Å². The number of esters is 2. The van der Waals surface area contributed by atoms with E-state index in [9.17, 15) is 14.4 Å². The summed E-state index contributed by atoms with van der Waals surface area (Å²) >= 11 is 0. The lowest BCUT2D eigenvalue weighted by Crippen LogP contribution is -2.23. The largest absolute Gasteiger partial charge is 0.497 e. The van der Waals surface area contributed by atoms with E-state index >= 15 is 0 Å². The summed E-state index contributed by atoms with van der Waals surface area (Å²) in [5.41, 5.74) is 5.91. The third-order valence-electron chi connectivity index (χ3n) is 6.45. The first-order valence-electron chi connectivity index (χ1n) is 11.5. The molecule has 0 N–H and O–H groups in total. The second-order valence-electron chi connectivity index (χ2n) is 8.60. The van der Waals surface area contributed by atoms with Gasteiger partial charge in [-0.2, -0.15) is 0 Å². The average Bonchev–Trinajstić information content (AvgIpc) is 3.17. The maximum Gasteiger partial charge on any atom is 0.337 e. The van der Waals surface area contributed by atoms with Crippen molar-refractivity contribution in [1.82, 2.24) is 0 Å². The predicted molar refractivity (Wildman–Crippen MR) is 132 cm³/mol. The number of Topliss-reactive ketones (excluding diaryl/α,β-unsaturated/α-hetero) is 1. The van der Waals surface area contributed by atoms with E-state index in [2.05, 4.69) is 0 Å². The van der Waals surface area contributed by atoms with Crippen molar-refractivity contribution in [2.75, 3.05) is 20.8 Å². The highest BCUT2D eigenvalue weighted by molar-refractivity contribution is 6.17. The number of benzene rings is 2. The van der Waals surface area contributed by atoms with E-state index in [-0.39, 0.29) is 18.4 Å². The van der Waals surface area contributed by atoms with Gasteiger partial charge in [0.05, 0.1) is 26.4 Å². The van der Waals surface area contributed by atoms with Gasteiger partial charge in [0, 0.05) is 22.6 Å². The molecule has 2 aliphatic carbocycles. The van der Waals surface area contributed by atoms with Gasteiger partial charge in [-0.1, -0.05) is 35.4 Å². The van der Waals surface area contributed by atoms with E-state index in [0.717, 1.165) is 22.3 Å². The van der Waals surface area contributed by atoms with E-state index in [0.29, 0.717) is 40.9 Å². The minimum Gasteiger partial charge on any atom is -0.497 e. The number of carbonyl (C=O) groups is 3. The van der Waals surface area contributed by atoms with Crippen LogP contribution in [-0.4, -0.2) is 38.5 Å². The van der Waals surface area contributed by atoms with Gasteiger partial charge in [-0.3, -0.25) is 4.79 Å². The molecule has 1 unspecified atom stereocenters. The molecule has 0 saturated heterocycles. The molecular formula is C29H28O6. The van der Waals surface area contributed by atoms with Crippen LogP contribution in [0.25, 0.3) is 6.08 Å². The number of hydrogen-bond acceptors (Lipinski definition) is 6. The molecule has 0 aliphatic heterocycles. The van der Waals surface area contributed by atoms with Crippen LogP contribution in [0.1, 0.15) is 54.1 Å². The lowest BCUT2D eigenvalue weighted by atomic mass is 9.75. The fourth-order valence-corrected chi connectivity index (χ4v) is 4.82. The van der Waals surface area contributed by atoms with Crippen LogP contribution in [0.15, 0.2) is 76.4 Å². The van der Waals surface area contributed by atoms with Gasteiger partial charge in [0.2, 0.25) is 0 Å². The number of rotatable bonds is 6. The second kappa shape index (κ2) is 10.1. The number of methoxy groups -OCH3 is 2. The van der Waals surface area contributed by atoms with Crippen molar-refractivity contribution in [3.05, 3.63) is 93.1 Å². The standard InChI is InChI=1S/C29H28O6/c1-5-35-29(32)24-17(2)14-21-16-22(15-18-6-8-20(9-7-18)28(31)34-4)27(30)26(21)25(24)19-10-12-23(33-3)13-11-19/h6-13,15,25H,5,14,16H2,1-4H3. The average molecular weight is 473 g/mol. The molecule has 180 valence electrons. The maximum atomic E-state index is 13.7. The highest BCUT2D eigenvalue weighted by Gasteiger charge is 2.41. The van der Waals surface area contributed by atoms with Crippen molar-refractivity contribution in [2.24, 2.45) is 0 Å². The summed E-state index contributed by atoms with van der Waals surface area (Å²) in [6.07, 6.45) is 2.93. The Hall–Kier alpha value is -3.93. The predicted octanol–water partition coefficient (Wildman–Crippen LogP) is 5.20. The second-order valence-corrected chi connectivity index (χ2v) is 8.60. The van der Waals surface area contributed by atoms with Gasteiger partial charge in [0.15, 0.2) is 5.78 Å². The summed E-state index contributed by atoms with van der Waals surface area (Å²) in [6.45, 7) is 3.97. The van der Waals surface area contributed by atoms with Crippen LogP contribution in [0.2, 0.25) is 0 Å². The first kappa shape index (κ1) is 24.2. The molecule has 1 atom stereocenters. The number of carbonyl (C=O) groups excluding carboxylic acids is 3. The molecule has 0 heterocycles. The number of hydrogen-bond donors (Lipinski definition) is 0. The molecule has 0 amide bonds. The van der Waals surface area contributed by atoms with Crippen molar-refractivity contribution >= 4 is 23.8 Å². The molecule has 2 aromatic carbocycles. The highest BCUT2D eigenvalue weighted by Crippen LogP contribution is 2.49. The zero-order valence-electron chi connectivity index (χ0n) is 20.3. The van der Waals surface area contributed by atoms with Crippen LogP contribution in [0.4, 0.5) is 0 Å². The number of allylic oxidation sites excluding steroid dienone is 4. The van der Waals surface area contributed by atoms with Crippen molar-refractivity contribution in [1.29, 1.82) is 0 Å². The first-order valence-corrected chi connectivity index (χ1v) is 11.5. The SMILES string of the molecule is CCOC(=O)C1=C(C)CC2=C(C(=O)C(=Cc3ccc(C(=O)OC)cc3)C2)C1c1ccc(OC)cc1. The van der Waals surface area contributed by atoms with Crippen LogP contribution in [0.5, 0.6) is 5.75 Å². The molecule has 35 heavy (non-hydrogen) atoms. The Morgan fingerprint density at radius 1 is 0.971 bits per heavy atom. The first-order chi connectivity index (χ1) is 16.9. The lowest BCUT2D eigenvalue weighted by molar-refractivity contribution is -0.138. The minimum atomic E-state index is -0.496. The summed E-state index contributed by atoms with van der Waals surface area (Å²) in [5.74, 6) is -0.656. The Labute approximate surface area is 204 Å². The monoisotopic (exact) mass is 472 g/mol. The minimum absolute atomic E-state index is 0.0628. The van der Waals surface area contributed by atoms with E-state index in [1.54, 1.807) is 38.3 Å². The molecule has 2 aliphatic rings. The van der Waals surface area contributed by atoms with Gasteiger partial charge in [0.25, 0.3) is 0 Å². The third-order valence-corrected chi connectivity index (χ3v) is 6.45. The fraction of sp³-hybridized carbons (Fsp3) is 0.276. The zero-order chi connectivity index (χ0) is 25.1. The van der Waals surface area contributed by atoms with Crippen molar-refractivity contribution in [2.45, 2.75) is 32.6 Å². The quantitative estimate of drug-likeness (QED) is 0.425. The van der Waals surface area contributed by atoms with Gasteiger partial charge >= 0.3 is 11.9 Å². The topological polar surface area (TPSA) is 78.9 Å². The smallest absolute Gasteiger partial charge is 0.337 e. The Morgan fingerprint density at radius 2 is 1.66 bits per heavy atom. The van der Waals surface area contributed by atoms with Crippen molar-refractivity contribution in [3.63, 3.8) is 0 Å². The summed E-state index contributed by atoms with van der Waals surface area (Å²) in [4.78, 5) is 38.4. The van der Waals surface area contributed by atoms with Gasteiger partial charge < -0.3 is 14.2 Å². The molecule has 0 spiro atoms. The van der Waals surface area contributed by atoms with E-state index in [1.165, 1.54) is 7.11 Å². The molecule has 2 aromatic rings. The normalized spacial score (nSPS) is 18.6. The van der Waals surface area contributed by atoms with Crippen molar-refractivity contribution in [3.8, 4) is 5.75 Å². The van der Waals surface area contributed by atoms with Gasteiger partial charge in [-0.05, 0) is 68.2 Å². The van der Waals surface area contributed by atoms with Gasteiger partial charge in [-0.25, -0.2) is 9.59 Å². The molecule has 6 heteroatoms. The number of ketones is 1. The molecular weight excluding hydrogens is 444 g/mol. The molecule has 6 nitrogen and oxygen atoms in total. The van der Waals surface area contributed by atoms with Crippen LogP contribution in [0.3, 0.4) is 0 Å². The Kier molecular flexibility index (Phi) is 7.01. The maximum absolute atomic E-state index is 13.7. The lowest BCUT2D eigenvalue weighted by Gasteiger charge is -2.28. The summed E-state index contributed by atoms with van der Waals surface area (Å²) in [5, 5.41) is 0. The highest BCUT2D eigenvalue weighted by atomic mass is 16.5. The molecule has 0 aromatic heterocycles. The third kappa shape index (κ3) is 4.69. The fourth-order valence-electron chi connectivity index (χ4n) is 4.82. The summed E-state index contributed by atoms with van der Waals surface area (Å²) in [7, 11) is 2.94. The summed E-state index contributed by atoms with van der Waals surface area (Å²) in [6, 6.07) is 14.4. The molecule has 0 saturated carbocycles. The molecule has 0 fully saturated rings. The van der Waals surface area contributed by atoms with Crippen LogP contribution >= 0.6 is 0 Å². The Balaban J connectivity index is 1.72. The van der Waals surface area contributed by atoms with Crippen LogP contribution < -0.4 is 4.74 Å². The zero-order valence-corrected chi connectivity index (χ0v) is 20.3. The molecule has 4 rings (SSSR count). The Bertz CT molecular complexity index is 1260. The van der Waals surface area contributed by atoms with E-state index in [1.807, 2.05) is 37.3 Å². The number of ether oxygens (including phenoxy) is 3. The molecule has 0 bridgehead atoms. The molecule has 0 radical (unpaired) electrons. The van der Waals surface area contributed by atoms with Crippen LogP contribution in [-0.2, 0) is 19.1 Å². The van der Waals surface area contributed by atoms with Crippen LogP contribution in [0, 0.1) is 0 Å². The Morgan fingerprint density at radius 3 is 2.26 bits per heavy atom. The van der Waals surface area contributed by atoms with Gasteiger partial charge in [0.1, 0.15) is 5.75 Å². The van der Waals surface area contributed by atoms with E-state index < -0.39 is 11.9 Å².